The van der Waals surface area contributed by atoms with E-state index in [1.807, 2.05) is 55.5 Å². The van der Waals surface area contributed by atoms with Crippen LogP contribution >= 0.6 is 0 Å². The number of amides is 1. The zero-order chi connectivity index (χ0) is 17.5. The van der Waals surface area contributed by atoms with Crippen LogP contribution in [-0.4, -0.2) is 26.2 Å². The van der Waals surface area contributed by atoms with Crippen molar-refractivity contribution in [1.29, 1.82) is 0 Å². The van der Waals surface area contributed by atoms with E-state index < -0.39 is 6.10 Å². The monoisotopic (exact) mass is 329 g/mol. The summed E-state index contributed by atoms with van der Waals surface area (Å²) in [4.78, 5) is 12.4. The predicted octanol–water partition coefficient (Wildman–Crippen LogP) is 3.35. The summed E-state index contributed by atoms with van der Waals surface area (Å²) in [7, 11) is 3.20. The molecule has 2 atom stereocenters. The molecule has 0 bridgehead atoms. The molecular formula is C19H23NO4. The van der Waals surface area contributed by atoms with E-state index >= 15 is 0 Å². The minimum Gasteiger partial charge on any atom is -0.497 e. The highest BCUT2D eigenvalue weighted by atomic mass is 16.5. The maximum Gasteiger partial charge on any atom is 0.261 e. The zero-order valence-corrected chi connectivity index (χ0v) is 14.4. The molecule has 0 saturated carbocycles. The quantitative estimate of drug-likeness (QED) is 0.846. The second kappa shape index (κ2) is 8.24. The molecule has 0 aliphatic carbocycles. The summed E-state index contributed by atoms with van der Waals surface area (Å²) in [5, 5.41) is 2.94. The summed E-state index contributed by atoms with van der Waals surface area (Å²) in [5.74, 6) is 1.86. The summed E-state index contributed by atoms with van der Waals surface area (Å²) in [5.41, 5.74) is 0.845. The number of nitrogens with one attached hydrogen (secondary N) is 1. The van der Waals surface area contributed by atoms with E-state index in [0.29, 0.717) is 17.2 Å². The van der Waals surface area contributed by atoms with E-state index in [2.05, 4.69) is 5.32 Å². The lowest BCUT2D eigenvalue weighted by molar-refractivity contribution is -0.127. The van der Waals surface area contributed by atoms with Crippen LogP contribution in [0.2, 0.25) is 0 Å². The minimum atomic E-state index is -0.605. The SMILES string of the molecule is COc1ccc(OC)c([C@H](C)NC(=O)[C@H](C)Oc2ccccc2)c1. The van der Waals surface area contributed by atoms with Crippen molar-refractivity contribution in [2.45, 2.75) is 26.0 Å². The van der Waals surface area contributed by atoms with Crippen molar-refractivity contribution in [3.63, 3.8) is 0 Å². The molecule has 1 N–H and O–H groups in total. The Morgan fingerprint density at radius 1 is 0.958 bits per heavy atom. The van der Waals surface area contributed by atoms with Crippen molar-refractivity contribution in [3.8, 4) is 17.2 Å². The number of hydrogen-bond acceptors (Lipinski definition) is 4. The molecule has 0 unspecified atom stereocenters. The number of para-hydroxylation sites is 1. The lowest BCUT2D eigenvalue weighted by atomic mass is 10.1. The van der Waals surface area contributed by atoms with Gasteiger partial charge in [-0.05, 0) is 44.2 Å². The van der Waals surface area contributed by atoms with Crippen LogP contribution < -0.4 is 19.5 Å². The van der Waals surface area contributed by atoms with E-state index in [0.717, 1.165) is 5.56 Å². The van der Waals surface area contributed by atoms with Crippen molar-refractivity contribution >= 4 is 5.91 Å². The van der Waals surface area contributed by atoms with Gasteiger partial charge in [0.05, 0.1) is 20.3 Å². The van der Waals surface area contributed by atoms with Crippen molar-refractivity contribution in [1.82, 2.24) is 5.32 Å². The molecule has 0 radical (unpaired) electrons. The summed E-state index contributed by atoms with van der Waals surface area (Å²) in [6.45, 7) is 3.61. The number of carbonyl (C=O) groups excluding carboxylic acids is 1. The van der Waals surface area contributed by atoms with Crippen molar-refractivity contribution in [2.24, 2.45) is 0 Å². The Hall–Kier alpha value is -2.69. The number of methoxy groups -OCH3 is 2. The van der Waals surface area contributed by atoms with Crippen molar-refractivity contribution < 1.29 is 19.0 Å². The smallest absolute Gasteiger partial charge is 0.261 e. The Labute approximate surface area is 142 Å². The first-order chi connectivity index (χ1) is 11.5. The molecule has 1 amide bonds. The molecule has 2 aromatic rings. The Morgan fingerprint density at radius 2 is 1.67 bits per heavy atom. The van der Waals surface area contributed by atoms with Gasteiger partial charge in [-0.25, -0.2) is 0 Å². The Morgan fingerprint density at radius 3 is 2.29 bits per heavy atom. The van der Waals surface area contributed by atoms with Gasteiger partial charge in [-0.15, -0.1) is 0 Å². The van der Waals surface area contributed by atoms with Crippen LogP contribution in [0.4, 0.5) is 0 Å². The second-order valence-electron chi connectivity index (χ2n) is 5.41. The first kappa shape index (κ1) is 17.7. The fourth-order valence-corrected chi connectivity index (χ4v) is 2.34. The van der Waals surface area contributed by atoms with Gasteiger partial charge in [0, 0.05) is 5.56 Å². The standard InChI is InChI=1S/C19H23NO4/c1-13(17-12-16(22-3)10-11-18(17)23-4)20-19(21)14(2)24-15-8-6-5-7-9-15/h5-14H,1-4H3,(H,20,21)/t13-,14-/m0/s1. The zero-order valence-electron chi connectivity index (χ0n) is 14.4. The van der Waals surface area contributed by atoms with E-state index in [1.165, 1.54) is 0 Å². The lowest BCUT2D eigenvalue weighted by Crippen LogP contribution is -2.37. The maximum atomic E-state index is 12.4. The molecule has 0 saturated heterocycles. The molecule has 0 aliphatic rings. The normalized spacial score (nSPS) is 12.8. The molecule has 0 spiro atoms. The van der Waals surface area contributed by atoms with Crippen LogP contribution in [0.1, 0.15) is 25.5 Å². The fraction of sp³-hybridized carbons (Fsp3) is 0.316. The van der Waals surface area contributed by atoms with Crippen LogP contribution in [0.3, 0.4) is 0 Å². The topological polar surface area (TPSA) is 56.8 Å². The third-order valence-corrected chi connectivity index (χ3v) is 3.69. The molecule has 5 nitrogen and oxygen atoms in total. The average molecular weight is 329 g/mol. The molecule has 0 fully saturated rings. The van der Waals surface area contributed by atoms with E-state index in [-0.39, 0.29) is 11.9 Å². The molecule has 0 heterocycles. The third kappa shape index (κ3) is 4.41. The van der Waals surface area contributed by atoms with E-state index in [1.54, 1.807) is 21.1 Å². The highest BCUT2D eigenvalue weighted by molar-refractivity contribution is 5.81. The van der Waals surface area contributed by atoms with Gasteiger partial charge in [-0.3, -0.25) is 4.79 Å². The third-order valence-electron chi connectivity index (χ3n) is 3.69. The molecular weight excluding hydrogens is 306 g/mol. The highest BCUT2D eigenvalue weighted by Crippen LogP contribution is 2.29. The minimum absolute atomic E-state index is 0.198. The second-order valence-corrected chi connectivity index (χ2v) is 5.41. The average Bonchev–Trinajstić information content (AvgIpc) is 2.61. The van der Waals surface area contributed by atoms with Crippen LogP contribution in [0.15, 0.2) is 48.5 Å². The highest BCUT2D eigenvalue weighted by Gasteiger charge is 2.20. The van der Waals surface area contributed by atoms with Gasteiger partial charge in [0.2, 0.25) is 0 Å². The van der Waals surface area contributed by atoms with Gasteiger partial charge < -0.3 is 19.5 Å². The Balaban J connectivity index is 2.05. The number of ether oxygens (including phenoxy) is 3. The molecule has 5 heteroatoms. The van der Waals surface area contributed by atoms with Gasteiger partial charge in [-0.2, -0.15) is 0 Å². The number of hydrogen-bond donors (Lipinski definition) is 1. The van der Waals surface area contributed by atoms with Gasteiger partial charge in [0.15, 0.2) is 6.10 Å². The van der Waals surface area contributed by atoms with Crippen LogP contribution in [-0.2, 0) is 4.79 Å². The molecule has 2 rings (SSSR count). The van der Waals surface area contributed by atoms with Gasteiger partial charge in [-0.1, -0.05) is 18.2 Å². The number of carbonyl (C=O) groups is 1. The molecule has 0 aromatic heterocycles. The van der Waals surface area contributed by atoms with Crippen molar-refractivity contribution in [2.75, 3.05) is 14.2 Å². The molecule has 0 aliphatic heterocycles. The van der Waals surface area contributed by atoms with Crippen LogP contribution in [0.5, 0.6) is 17.2 Å². The fourth-order valence-electron chi connectivity index (χ4n) is 2.34. The van der Waals surface area contributed by atoms with Gasteiger partial charge in [0.1, 0.15) is 17.2 Å². The molecule has 128 valence electrons. The predicted molar refractivity (Wildman–Crippen MR) is 92.6 cm³/mol. The maximum absolute atomic E-state index is 12.4. The Bertz CT molecular complexity index is 672. The summed E-state index contributed by atoms with van der Waals surface area (Å²) >= 11 is 0. The van der Waals surface area contributed by atoms with Crippen LogP contribution in [0.25, 0.3) is 0 Å². The van der Waals surface area contributed by atoms with Crippen molar-refractivity contribution in [3.05, 3.63) is 54.1 Å². The van der Waals surface area contributed by atoms with Crippen LogP contribution in [0, 0.1) is 0 Å². The van der Waals surface area contributed by atoms with E-state index in [9.17, 15) is 4.79 Å². The van der Waals surface area contributed by atoms with Gasteiger partial charge in [0.25, 0.3) is 5.91 Å². The van der Waals surface area contributed by atoms with Gasteiger partial charge >= 0.3 is 0 Å². The first-order valence-corrected chi connectivity index (χ1v) is 7.79. The number of benzene rings is 2. The summed E-state index contributed by atoms with van der Waals surface area (Å²) in [6.07, 6.45) is -0.605. The first-order valence-electron chi connectivity index (χ1n) is 7.79. The Kier molecular flexibility index (Phi) is 6.07. The van der Waals surface area contributed by atoms with E-state index in [4.69, 9.17) is 14.2 Å². The summed E-state index contributed by atoms with van der Waals surface area (Å²) in [6, 6.07) is 14.5. The largest absolute Gasteiger partial charge is 0.497 e. The lowest BCUT2D eigenvalue weighted by Gasteiger charge is -2.21. The molecule has 24 heavy (non-hydrogen) atoms. The summed E-state index contributed by atoms with van der Waals surface area (Å²) < 4.78 is 16.3. The number of rotatable bonds is 7. The molecule has 2 aromatic carbocycles.